The van der Waals surface area contributed by atoms with E-state index in [1.54, 1.807) is 44.2 Å². The summed E-state index contributed by atoms with van der Waals surface area (Å²) in [6.07, 6.45) is 2.93. The molecular formula is C25H22F3N5O3S. The number of urea groups is 2. The monoisotopic (exact) mass is 529 g/mol. The highest BCUT2D eigenvalue weighted by molar-refractivity contribution is 8.00. The molecule has 0 radical (unpaired) electrons. The average Bonchev–Trinajstić information content (AvgIpc) is 3.00. The van der Waals surface area contributed by atoms with E-state index in [4.69, 9.17) is 0 Å². The molecule has 8 nitrogen and oxygen atoms in total. The number of pyridine rings is 1. The summed E-state index contributed by atoms with van der Waals surface area (Å²) in [5.41, 5.74) is -4.09. The van der Waals surface area contributed by atoms with Crippen molar-refractivity contribution in [3.05, 3.63) is 78.6 Å². The predicted molar refractivity (Wildman–Crippen MR) is 134 cm³/mol. The standard InChI is InChI=1S/C25H22F3N5O3S/c1-24(2)21(34)33(18-8-10-19(11-9-18)37-25(26,27)28)23(36)32(24)15-16-12-13-29-14-20(16)31-22(35)30-17-6-4-3-5-7-17/h3-14H,15H2,1-2H3,(H2,30,31,35). The van der Waals surface area contributed by atoms with Gasteiger partial charge in [0.15, 0.2) is 0 Å². The summed E-state index contributed by atoms with van der Waals surface area (Å²) in [6, 6.07) is 14.3. The molecule has 5 amide bonds. The Morgan fingerprint density at radius 2 is 1.68 bits per heavy atom. The number of carbonyl (C=O) groups excluding carboxylic acids is 3. The van der Waals surface area contributed by atoms with Crippen LogP contribution < -0.4 is 15.5 Å². The Kier molecular flexibility index (Phi) is 7.12. The number of amides is 5. The van der Waals surface area contributed by atoms with E-state index in [1.807, 2.05) is 6.07 Å². The number of imide groups is 1. The highest BCUT2D eigenvalue weighted by Crippen LogP contribution is 2.39. The molecule has 192 valence electrons. The number of thioether (sulfide) groups is 1. The number of carbonyl (C=O) groups is 3. The number of rotatable bonds is 6. The summed E-state index contributed by atoms with van der Waals surface area (Å²) in [6.45, 7) is 3.13. The molecule has 0 saturated carbocycles. The van der Waals surface area contributed by atoms with Crippen LogP contribution in [0.4, 0.5) is 39.8 Å². The summed E-state index contributed by atoms with van der Waals surface area (Å²) in [5.74, 6) is -0.529. The summed E-state index contributed by atoms with van der Waals surface area (Å²) in [4.78, 5) is 45.3. The molecule has 37 heavy (non-hydrogen) atoms. The summed E-state index contributed by atoms with van der Waals surface area (Å²) in [5, 5.41) is 5.41. The van der Waals surface area contributed by atoms with Crippen LogP contribution in [0.3, 0.4) is 0 Å². The minimum Gasteiger partial charge on any atom is -0.308 e. The van der Waals surface area contributed by atoms with Gasteiger partial charge in [0.05, 0.1) is 24.1 Å². The Bertz CT molecular complexity index is 1320. The van der Waals surface area contributed by atoms with Crippen LogP contribution in [-0.4, -0.2) is 38.9 Å². The first kappa shape index (κ1) is 26.0. The van der Waals surface area contributed by atoms with Gasteiger partial charge in [-0.05, 0) is 73.6 Å². The maximum atomic E-state index is 13.4. The molecule has 0 atom stereocenters. The maximum absolute atomic E-state index is 13.4. The Morgan fingerprint density at radius 1 is 1.00 bits per heavy atom. The van der Waals surface area contributed by atoms with E-state index in [-0.39, 0.29) is 28.9 Å². The van der Waals surface area contributed by atoms with E-state index < -0.39 is 29.0 Å². The first-order chi connectivity index (χ1) is 17.5. The second-order valence-corrected chi connectivity index (χ2v) is 9.73. The third kappa shape index (κ3) is 5.85. The van der Waals surface area contributed by atoms with Gasteiger partial charge in [-0.1, -0.05) is 18.2 Å². The van der Waals surface area contributed by atoms with Crippen molar-refractivity contribution in [2.45, 2.75) is 36.3 Å². The number of nitrogens with zero attached hydrogens (tertiary/aromatic N) is 3. The summed E-state index contributed by atoms with van der Waals surface area (Å²) < 4.78 is 38.0. The molecule has 1 fully saturated rings. The molecule has 12 heteroatoms. The lowest BCUT2D eigenvalue weighted by Gasteiger charge is -2.28. The number of aromatic nitrogens is 1. The predicted octanol–water partition coefficient (Wildman–Crippen LogP) is 6.08. The zero-order valence-corrected chi connectivity index (χ0v) is 20.6. The molecule has 1 aliphatic heterocycles. The smallest absolute Gasteiger partial charge is 0.308 e. The van der Waals surface area contributed by atoms with Gasteiger partial charge in [-0.25, -0.2) is 14.5 Å². The highest BCUT2D eigenvalue weighted by Gasteiger charge is 2.51. The molecule has 1 aliphatic rings. The lowest BCUT2D eigenvalue weighted by molar-refractivity contribution is -0.123. The fraction of sp³-hybridized carbons (Fsp3) is 0.200. The number of anilines is 3. The van der Waals surface area contributed by atoms with Crippen molar-refractivity contribution in [2.75, 3.05) is 15.5 Å². The molecular weight excluding hydrogens is 507 g/mol. The molecule has 0 unspecified atom stereocenters. The van der Waals surface area contributed by atoms with Crippen LogP contribution in [0.15, 0.2) is 78.0 Å². The number of nitrogens with one attached hydrogen (secondary N) is 2. The van der Waals surface area contributed by atoms with Crippen LogP contribution in [-0.2, 0) is 11.3 Å². The quantitative estimate of drug-likeness (QED) is 0.298. The van der Waals surface area contributed by atoms with Gasteiger partial charge in [-0.3, -0.25) is 9.78 Å². The average molecular weight is 530 g/mol. The normalized spacial score (nSPS) is 15.2. The van der Waals surface area contributed by atoms with Crippen LogP contribution in [0.1, 0.15) is 19.4 Å². The minimum atomic E-state index is -4.45. The molecule has 2 heterocycles. The van der Waals surface area contributed by atoms with Gasteiger partial charge in [0, 0.05) is 16.8 Å². The molecule has 0 bridgehead atoms. The van der Waals surface area contributed by atoms with E-state index in [9.17, 15) is 27.6 Å². The van der Waals surface area contributed by atoms with E-state index >= 15 is 0 Å². The van der Waals surface area contributed by atoms with E-state index in [1.165, 1.54) is 41.6 Å². The maximum Gasteiger partial charge on any atom is 0.446 e. The van der Waals surface area contributed by atoms with Gasteiger partial charge < -0.3 is 15.5 Å². The summed E-state index contributed by atoms with van der Waals surface area (Å²) in [7, 11) is 0. The molecule has 2 aromatic carbocycles. The largest absolute Gasteiger partial charge is 0.446 e. The Labute approximate surface area is 214 Å². The lowest BCUT2D eigenvalue weighted by atomic mass is 10.0. The number of benzene rings is 2. The number of para-hydroxylation sites is 1. The Balaban J connectivity index is 1.53. The van der Waals surface area contributed by atoms with Gasteiger partial charge in [0.1, 0.15) is 5.54 Å². The second kappa shape index (κ2) is 10.1. The van der Waals surface area contributed by atoms with Crippen molar-refractivity contribution in [3.8, 4) is 0 Å². The third-order valence-electron chi connectivity index (χ3n) is 5.67. The van der Waals surface area contributed by atoms with Crippen LogP contribution in [0, 0.1) is 0 Å². The zero-order valence-electron chi connectivity index (χ0n) is 19.7. The first-order valence-corrected chi connectivity index (χ1v) is 11.9. The number of hydrogen-bond donors (Lipinski definition) is 2. The van der Waals surface area contributed by atoms with E-state index in [2.05, 4.69) is 15.6 Å². The minimum absolute atomic E-state index is 0.0282. The van der Waals surface area contributed by atoms with E-state index in [0.717, 1.165) is 4.90 Å². The van der Waals surface area contributed by atoms with Crippen molar-refractivity contribution in [1.82, 2.24) is 9.88 Å². The molecule has 1 aromatic heterocycles. The molecule has 0 spiro atoms. The van der Waals surface area contributed by atoms with Crippen molar-refractivity contribution in [3.63, 3.8) is 0 Å². The van der Waals surface area contributed by atoms with Crippen LogP contribution >= 0.6 is 11.8 Å². The Morgan fingerprint density at radius 3 is 2.32 bits per heavy atom. The Hall–Kier alpha value is -4.06. The van der Waals surface area contributed by atoms with Crippen molar-refractivity contribution in [1.29, 1.82) is 0 Å². The fourth-order valence-electron chi connectivity index (χ4n) is 3.78. The van der Waals surface area contributed by atoms with Gasteiger partial charge in [0.2, 0.25) is 0 Å². The van der Waals surface area contributed by atoms with Crippen molar-refractivity contribution < 1.29 is 27.6 Å². The number of halogens is 3. The lowest BCUT2D eigenvalue weighted by Crippen LogP contribution is -2.43. The molecule has 2 N–H and O–H groups in total. The van der Waals surface area contributed by atoms with Gasteiger partial charge in [-0.2, -0.15) is 13.2 Å². The van der Waals surface area contributed by atoms with Gasteiger partial charge in [0.25, 0.3) is 5.91 Å². The molecule has 0 aliphatic carbocycles. The molecule has 1 saturated heterocycles. The molecule has 3 aromatic rings. The van der Waals surface area contributed by atoms with Crippen molar-refractivity contribution in [2.24, 2.45) is 0 Å². The topological polar surface area (TPSA) is 94.6 Å². The van der Waals surface area contributed by atoms with Crippen LogP contribution in [0.5, 0.6) is 0 Å². The van der Waals surface area contributed by atoms with E-state index in [0.29, 0.717) is 16.9 Å². The van der Waals surface area contributed by atoms with Gasteiger partial charge in [-0.15, -0.1) is 0 Å². The fourth-order valence-corrected chi connectivity index (χ4v) is 4.32. The molecule has 4 rings (SSSR count). The first-order valence-electron chi connectivity index (χ1n) is 11.0. The zero-order chi connectivity index (χ0) is 26.8. The number of alkyl halides is 3. The van der Waals surface area contributed by atoms with Crippen LogP contribution in [0.25, 0.3) is 0 Å². The second-order valence-electron chi connectivity index (χ2n) is 8.59. The van der Waals surface area contributed by atoms with Crippen LogP contribution in [0.2, 0.25) is 0 Å². The SMILES string of the molecule is CC1(C)C(=O)N(c2ccc(SC(F)(F)F)cc2)C(=O)N1Cc1ccncc1NC(=O)Nc1ccccc1. The highest BCUT2D eigenvalue weighted by atomic mass is 32.2. The van der Waals surface area contributed by atoms with Gasteiger partial charge >= 0.3 is 17.6 Å². The summed E-state index contributed by atoms with van der Waals surface area (Å²) >= 11 is -0.282. The number of hydrogen-bond acceptors (Lipinski definition) is 5. The third-order valence-corrected chi connectivity index (χ3v) is 6.41. The van der Waals surface area contributed by atoms with Crippen molar-refractivity contribution >= 4 is 46.8 Å².